The second kappa shape index (κ2) is 6.88. The Balaban J connectivity index is 2.87. The van der Waals surface area contributed by atoms with Crippen LogP contribution in [0, 0.1) is 11.7 Å². The fourth-order valence-electron chi connectivity index (χ4n) is 1.78. The Labute approximate surface area is 117 Å². The lowest BCUT2D eigenvalue weighted by Crippen LogP contribution is -2.42. The van der Waals surface area contributed by atoms with E-state index in [4.69, 9.17) is 5.73 Å². The molecule has 0 aromatic heterocycles. The smallest absolute Gasteiger partial charge is 0.328 e. The molecule has 20 heavy (non-hydrogen) atoms. The Morgan fingerprint density at radius 2 is 2.05 bits per heavy atom. The number of hydrogen-bond acceptors (Lipinski definition) is 4. The lowest BCUT2D eigenvalue weighted by molar-refractivity contribution is -0.143. The summed E-state index contributed by atoms with van der Waals surface area (Å²) < 4.78 is 18.3. The van der Waals surface area contributed by atoms with Crippen LogP contribution in [0.5, 0.6) is 0 Å². The monoisotopic (exact) mass is 282 g/mol. The quantitative estimate of drug-likeness (QED) is 0.636. The number of methoxy groups -OCH3 is 1. The van der Waals surface area contributed by atoms with Gasteiger partial charge in [-0.15, -0.1) is 0 Å². The maximum atomic E-state index is 13.6. The first-order valence-corrected chi connectivity index (χ1v) is 6.28. The number of nitrogen functional groups attached to an aromatic ring is 1. The zero-order chi connectivity index (χ0) is 15.3. The first-order chi connectivity index (χ1) is 9.35. The second-order valence-corrected chi connectivity index (χ2v) is 4.92. The molecule has 0 aliphatic heterocycles. The van der Waals surface area contributed by atoms with E-state index in [1.54, 1.807) is 0 Å². The number of rotatable bonds is 5. The molecule has 0 saturated carbocycles. The van der Waals surface area contributed by atoms with E-state index < -0.39 is 23.7 Å². The minimum absolute atomic E-state index is 0.156. The van der Waals surface area contributed by atoms with Gasteiger partial charge in [0.2, 0.25) is 0 Å². The summed E-state index contributed by atoms with van der Waals surface area (Å²) in [5.74, 6) is -1.77. The molecule has 1 aromatic rings. The topological polar surface area (TPSA) is 81.4 Å². The molecule has 0 bridgehead atoms. The normalized spacial score (nSPS) is 12.1. The van der Waals surface area contributed by atoms with Crippen molar-refractivity contribution in [1.82, 2.24) is 5.32 Å². The van der Waals surface area contributed by atoms with Crippen molar-refractivity contribution in [2.24, 2.45) is 5.92 Å². The highest BCUT2D eigenvalue weighted by Crippen LogP contribution is 2.13. The van der Waals surface area contributed by atoms with Gasteiger partial charge in [-0.3, -0.25) is 4.79 Å². The van der Waals surface area contributed by atoms with E-state index in [0.717, 1.165) is 6.07 Å². The van der Waals surface area contributed by atoms with Crippen LogP contribution in [0.1, 0.15) is 30.6 Å². The molecule has 1 unspecified atom stereocenters. The van der Waals surface area contributed by atoms with Crippen molar-refractivity contribution in [3.8, 4) is 0 Å². The summed E-state index contributed by atoms with van der Waals surface area (Å²) in [6.45, 7) is 3.82. The van der Waals surface area contributed by atoms with Gasteiger partial charge < -0.3 is 15.8 Å². The molecule has 0 saturated heterocycles. The molecular formula is C14H19FN2O3. The summed E-state index contributed by atoms with van der Waals surface area (Å²) in [4.78, 5) is 23.6. The van der Waals surface area contributed by atoms with Crippen LogP contribution in [0.4, 0.5) is 10.1 Å². The lowest BCUT2D eigenvalue weighted by atomic mass is 10.0. The Bertz CT molecular complexity index is 503. The van der Waals surface area contributed by atoms with Crippen molar-refractivity contribution >= 4 is 17.6 Å². The number of halogens is 1. The molecular weight excluding hydrogens is 263 g/mol. The van der Waals surface area contributed by atoms with Gasteiger partial charge in [0.05, 0.1) is 12.7 Å². The minimum Gasteiger partial charge on any atom is -0.467 e. The fourth-order valence-corrected chi connectivity index (χ4v) is 1.78. The molecule has 0 aliphatic carbocycles. The Morgan fingerprint density at radius 1 is 1.40 bits per heavy atom. The van der Waals surface area contributed by atoms with Crippen molar-refractivity contribution in [2.45, 2.75) is 26.3 Å². The van der Waals surface area contributed by atoms with Gasteiger partial charge >= 0.3 is 5.97 Å². The van der Waals surface area contributed by atoms with E-state index in [9.17, 15) is 14.0 Å². The van der Waals surface area contributed by atoms with Crippen molar-refractivity contribution in [3.05, 3.63) is 29.6 Å². The van der Waals surface area contributed by atoms with Gasteiger partial charge in [0, 0.05) is 5.69 Å². The van der Waals surface area contributed by atoms with Crippen LogP contribution in [-0.4, -0.2) is 25.0 Å². The minimum atomic E-state index is -0.801. The first kappa shape index (κ1) is 15.9. The van der Waals surface area contributed by atoms with Crippen LogP contribution in [-0.2, 0) is 9.53 Å². The largest absolute Gasteiger partial charge is 0.467 e. The highest BCUT2D eigenvalue weighted by Gasteiger charge is 2.24. The number of carbonyl (C=O) groups is 2. The van der Waals surface area contributed by atoms with Gasteiger partial charge in [0.1, 0.15) is 11.9 Å². The summed E-state index contributed by atoms with van der Waals surface area (Å²) in [5, 5.41) is 2.48. The van der Waals surface area contributed by atoms with Crippen molar-refractivity contribution in [2.75, 3.05) is 12.8 Å². The molecule has 0 aliphatic rings. The van der Waals surface area contributed by atoms with Gasteiger partial charge in [-0.2, -0.15) is 0 Å². The number of amides is 1. The summed E-state index contributed by atoms with van der Waals surface area (Å²) in [6, 6.07) is 2.96. The van der Waals surface area contributed by atoms with E-state index in [1.807, 2.05) is 13.8 Å². The maximum Gasteiger partial charge on any atom is 0.328 e. The first-order valence-electron chi connectivity index (χ1n) is 6.28. The van der Waals surface area contributed by atoms with E-state index in [-0.39, 0.29) is 17.2 Å². The van der Waals surface area contributed by atoms with Crippen LogP contribution in [0.15, 0.2) is 18.2 Å². The summed E-state index contributed by atoms with van der Waals surface area (Å²) >= 11 is 0. The van der Waals surface area contributed by atoms with Crippen LogP contribution < -0.4 is 11.1 Å². The third-order valence-corrected chi connectivity index (χ3v) is 2.74. The highest BCUT2D eigenvalue weighted by molar-refractivity contribution is 5.97. The fraction of sp³-hybridized carbons (Fsp3) is 0.429. The van der Waals surface area contributed by atoms with E-state index in [0.29, 0.717) is 6.42 Å². The zero-order valence-electron chi connectivity index (χ0n) is 11.8. The number of ether oxygens (including phenoxy) is 1. The summed E-state index contributed by atoms with van der Waals surface area (Å²) in [6.07, 6.45) is 0.412. The molecule has 5 nitrogen and oxygen atoms in total. The molecule has 6 heteroatoms. The van der Waals surface area contributed by atoms with Crippen LogP contribution in [0.25, 0.3) is 0 Å². The van der Waals surface area contributed by atoms with Crippen molar-refractivity contribution < 1.29 is 18.7 Å². The Morgan fingerprint density at radius 3 is 2.55 bits per heavy atom. The molecule has 0 fully saturated rings. The van der Waals surface area contributed by atoms with Gasteiger partial charge in [0.25, 0.3) is 5.91 Å². The molecule has 1 aromatic carbocycles. The van der Waals surface area contributed by atoms with Gasteiger partial charge in [-0.25, -0.2) is 9.18 Å². The third kappa shape index (κ3) is 4.22. The SMILES string of the molecule is COC(=O)C(CC(C)C)NC(=O)c1ccc(N)cc1F. The number of nitrogens with one attached hydrogen (secondary N) is 1. The molecule has 0 spiro atoms. The standard InChI is InChI=1S/C14H19FN2O3/c1-8(2)6-12(14(19)20-3)17-13(18)10-5-4-9(16)7-11(10)15/h4-5,7-8,12H,6,16H2,1-3H3,(H,17,18). The van der Waals surface area contributed by atoms with Crippen LogP contribution in [0.2, 0.25) is 0 Å². The average Bonchev–Trinajstić information content (AvgIpc) is 2.36. The van der Waals surface area contributed by atoms with E-state index in [2.05, 4.69) is 10.1 Å². The van der Waals surface area contributed by atoms with Crippen molar-refractivity contribution in [1.29, 1.82) is 0 Å². The molecule has 1 atom stereocenters. The average molecular weight is 282 g/mol. The predicted octanol–water partition coefficient (Wildman–Crippen LogP) is 1.73. The van der Waals surface area contributed by atoms with E-state index in [1.165, 1.54) is 19.2 Å². The molecule has 0 radical (unpaired) electrons. The third-order valence-electron chi connectivity index (χ3n) is 2.74. The summed E-state index contributed by atoms with van der Waals surface area (Å²) in [7, 11) is 1.24. The second-order valence-electron chi connectivity index (χ2n) is 4.92. The number of hydrogen-bond donors (Lipinski definition) is 2. The number of carbonyl (C=O) groups excluding carboxylic acids is 2. The van der Waals surface area contributed by atoms with Gasteiger partial charge in [0.15, 0.2) is 0 Å². The molecule has 3 N–H and O–H groups in total. The van der Waals surface area contributed by atoms with E-state index >= 15 is 0 Å². The Kier molecular flexibility index (Phi) is 5.49. The number of anilines is 1. The number of benzene rings is 1. The van der Waals surface area contributed by atoms with Crippen molar-refractivity contribution in [3.63, 3.8) is 0 Å². The lowest BCUT2D eigenvalue weighted by Gasteiger charge is -2.18. The zero-order valence-corrected chi connectivity index (χ0v) is 11.8. The Hall–Kier alpha value is -2.11. The predicted molar refractivity (Wildman–Crippen MR) is 73.5 cm³/mol. The van der Waals surface area contributed by atoms with Crippen LogP contribution in [0.3, 0.4) is 0 Å². The highest BCUT2D eigenvalue weighted by atomic mass is 19.1. The maximum absolute atomic E-state index is 13.6. The molecule has 110 valence electrons. The van der Waals surface area contributed by atoms with Crippen LogP contribution >= 0.6 is 0 Å². The molecule has 1 amide bonds. The van der Waals surface area contributed by atoms with Gasteiger partial charge in [-0.1, -0.05) is 13.8 Å². The molecule has 1 rings (SSSR count). The number of nitrogens with two attached hydrogens (primary N) is 1. The molecule has 0 heterocycles. The summed E-state index contributed by atoms with van der Waals surface area (Å²) in [5.41, 5.74) is 5.49. The number of esters is 1. The van der Waals surface area contributed by atoms with Gasteiger partial charge in [-0.05, 0) is 30.5 Å².